The van der Waals surface area contributed by atoms with Crippen LogP contribution in [0.25, 0.3) is 0 Å². The first-order chi connectivity index (χ1) is 14.6. The molecule has 0 aliphatic rings. The van der Waals surface area contributed by atoms with Crippen molar-refractivity contribution in [2.24, 2.45) is 5.10 Å². The van der Waals surface area contributed by atoms with Crippen LogP contribution >= 0.6 is 22.6 Å². The number of hydrazone groups is 1. The zero-order valence-corrected chi connectivity index (χ0v) is 18.4. The summed E-state index contributed by atoms with van der Waals surface area (Å²) >= 11 is 2.22. The van der Waals surface area contributed by atoms with Gasteiger partial charge in [-0.3, -0.25) is 15.5 Å². The first-order valence-electron chi connectivity index (χ1n) is 9.23. The van der Waals surface area contributed by atoms with Gasteiger partial charge in [0.2, 0.25) is 0 Å². The van der Waals surface area contributed by atoms with E-state index >= 15 is 0 Å². The molecule has 0 saturated carbocycles. The van der Waals surface area contributed by atoms with Gasteiger partial charge in [-0.15, -0.1) is 0 Å². The van der Waals surface area contributed by atoms with Crippen molar-refractivity contribution in [1.29, 1.82) is 0 Å². The maximum atomic E-state index is 10.7. The Kier molecular flexibility index (Phi) is 7.61. The van der Waals surface area contributed by atoms with Crippen LogP contribution in [0.3, 0.4) is 0 Å². The lowest BCUT2D eigenvalue weighted by molar-refractivity contribution is -0.384. The fourth-order valence-electron chi connectivity index (χ4n) is 2.63. The normalized spacial score (nSPS) is 10.7. The molecule has 0 radical (unpaired) electrons. The van der Waals surface area contributed by atoms with Gasteiger partial charge in [0.05, 0.1) is 27.0 Å². The number of ether oxygens (including phenoxy) is 2. The number of anilines is 1. The second-order valence-corrected chi connectivity index (χ2v) is 7.37. The average Bonchev–Trinajstić information content (AvgIpc) is 2.74. The molecule has 0 aromatic heterocycles. The molecule has 154 valence electrons. The number of hydrogen-bond donors (Lipinski definition) is 1. The minimum atomic E-state index is -0.439. The Bertz CT molecular complexity index is 1020. The van der Waals surface area contributed by atoms with Gasteiger partial charge < -0.3 is 9.47 Å². The summed E-state index contributed by atoms with van der Waals surface area (Å²) < 4.78 is 12.7. The largest absolute Gasteiger partial charge is 0.490 e. The molecule has 7 nitrogen and oxygen atoms in total. The molecule has 0 saturated heterocycles. The zero-order valence-electron chi connectivity index (χ0n) is 16.2. The van der Waals surface area contributed by atoms with Gasteiger partial charge in [0.15, 0.2) is 11.5 Å². The highest BCUT2D eigenvalue weighted by Crippen LogP contribution is 2.34. The molecule has 0 heterocycles. The van der Waals surface area contributed by atoms with Gasteiger partial charge in [0.25, 0.3) is 5.69 Å². The van der Waals surface area contributed by atoms with Crippen LogP contribution in [0, 0.1) is 13.7 Å². The number of halogens is 1. The molecule has 3 aromatic carbocycles. The van der Waals surface area contributed by atoms with Gasteiger partial charge in [-0.1, -0.05) is 30.3 Å². The van der Waals surface area contributed by atoms with Crippen LogP contribution in [-0.2, 0) is 6.61 Å². The number of nitrogens with zero attached hydrogens (tertiary/aromatic N) is 2. The third kappa shape index (κ3) is 5.93. The molecule has 0 fully saturated rings. The highest BCUT2D eigenvalue weighted by atomic mass is 127. The van der Waals surface area contributed by atoms with E-state index in [2.05, 4.69) is 33.1 Å². The molecule has 30 heavy (non-hydrogen) atoms. The fraction of sp³-hybridized carbons (Fsp3) is 0.136. The predicted molar refractivity (Wildman–Crippen MR) is 125 cm³/mol. The molecule has 8 heteroatoms. The third-order valence-electron chi connectivity index (χ3n) is 4.04. The topological polar surface area (TPSA) is 86.0 Å². The number of rotatable bonds is 9. The summed E-state index contributed by atoms with van der Waals surface area (Å²) in [6, 6.07) is 19.8. The van der Waals surface area contributed by atoms with Crippen LogP contribution in [0.15, 0.2) is 71.8 Å². The summed E-state index contributed by atoms with van der Waals surface area (Å²) in [5.41, 5.74) is 5.46. The Morgan fingerprint density at radius 3 is 2.50 bits per heavy atom. The maximum Gasteiger partial charge on any atom is 0.269 e. The third-order valence-corrected chi connectivity index (χ3v) is 4.84. The molecule has 0 unspecified atom stereocenters. The summed E-state index contributed by atoms with van der Waals surface area (Å²) in [7, 11) is 0. The number of hydrogen-bond acceptors (Lipinski definition) is 6. The molecule has 0 atom stereocenters. The second-order valence-electron chi connectivity index (χ2n) is 6.21. The van der Waals surface area contributed by atoms with Crippen molar-refractivity contribution < 1.29 is 14.4 Å². The minimum absolute atomic E-state index is 0.0338. The summed E-state index contributed by atoms with van der Waals surface area (Å²) in [4.78, 5) is 10.3. The number of non-ortho nitro benzene ring substituents is 1. The smallest absolute Gasteiger partial charge is 0.269 e. The quantitative estimate of drug-likeness (QED) is 0.172. The van der Waals surface area contributed by atoms with Gasteiger partial charge in [0, 0.05) is 12.1 Å². The molecule has 3 aromatic rings. The summed E-state index contributed by atoms with van der Waals surface area (Å²) in [6.45, 7) is 2.89. The molecular formula is C22H20IN3O4. The molecule has 0 bridgehead atoms. The molecule has 0 spiro atoms. The first kappa shape index (κ1) is 21.6. The Hall–Kier alpha value is -3.14. The second kappa shape index (κ2) is 10.6. The predicted octanol–water partition coefficient (Wildman–Crippen LogP) is 5.62. The van der Waals surface area contributed by atoms with Crippen molar-refractivity contribution in [3.05, 3.63) is 91.5 Å². The first-order valence-corrected chi connectivity index (χ1v) is 10.3. The Balaban J connectivity index is 1.71. The van der Waals surface area contributed by atoms with Crippen LogP contribution in [0.1, 0.15) is 18.1 Å². The number of nitrogens with one attached hydrogen (secondary N) is 1. The van der Waals surface area contributed by atoms with Gasteiger partial charge in [-0.2, -0.15) is 5.10 Å². The monoisotopic (exact) mass is 517 g/mol. The van der Waals surface area contributed by atoms with E-state index in [9.17, 15) is 10.1 Å². The molecule has 0 aliphatic heterocycles. The highest BCUT2D eigenvalue weighted by Gasteiger charge is 2.12. The van der Waals surface area contributed by atoms with Crippen molar-refractivity contribution in [2.75, 3.05) is 12.0 Å². The van der Waals surface area contributed by atoms with Gasteiger partial charge in [-0.25, -0.2) is 0 Å². The van der Waals surface area contributed by atoms with Crippen molar-refractivity contribution in [3.63, 3.8) is 0 Å². The standard InChI is InChI=1S/C22H20IN3O4/c1-2-29-21-13-17(14-24-25-18-8-10-19(11-9-18)26(27)28)12-20(23)22(21)30-15-16-6-4-3-5-7-16/h3-14,25H,2,15H2,1H3/b24-14-. The van der Waals surface area contributed by atoms with Crippen molar-refractivity contribution >= 4 is 40.2 Å². The van der Waals surface area contributed by atoms with Gasteiger partial charge in [0.1, 0.15) is 6.61 Å². The van der Waals surface area contributed by atoms with E-state index in [1.165, 1.54) is 12.1 Å². The van der Waals surface area contributed by atoms with E-state index in [1.54, 1.807) is 18.3 Å². The molecule has 0 amide bonds. The number of nitro groups is 1. The van der Waals surface area contributed by atoms with E-state index in [0.29, 0.717) is 30.4 Å². The van der Waals surface area contributed by atoms with Crippen LogP contribution in [-0.4, -0.2) is 17.7 Å². The zero-order chi connectivity index (χ0) is 21.3. The fourth-order valence-corrected chi connectivity index (χ4v) is 3.42. The highest BCUT2D eigenvalue weighted by molar-refractivity contribution is 14.1. The van der Waals surface area contributed by atoms with Crippen LogP contribution in [0.5, 0.6) is 11.5 Å². The van der Waals surface area contributed by atoms with E-state index in [0.717, 1.165) is 14.7 Å². The summed E-state index contributed by atoms with van der Waals surface area (Å²) in [5, 5.41) is 14.9. The molecule has 0 aliphatic carbocycles. The Labute approximate surface area is 188 Å². The Morgan fingerprint density at radius 2 is 1.83 bits per heavy atom. The van der Waals surface area contributed by atoms with Crippen molar-refractivity contribution in [2.45, 2.75) is 13.5 Å². The SMILES string of the molecule is CCOc1cc(/C=N\Nc2ccc([N+](=O)[O-])cc2)cc(I)c1OCc1ccccc1. The van der Waals surface area contributed by atoms with Crippen LogP contribution in [0.4, 0.5) is 11.4 Å². The maximum absolute atomic E-state index is 10.7. The van der Waals surface area contributed by atoms with Crippen molar-refractivity contribution in [1.82, 2.24) is 0 Å². The van der Waals surface area contributed by atoms with E-state index in [4.69, 9.17) is 9.47 Å². The van der Waals surface area contributed by atoms with Crippen molar-refractivity contribution in [3.8, 4) is 11.5 Å². The number of benzene rings is 3. The number of nitro benzene ring substituents is 1. The van der Waals surface area contributed by atoms with E-state index < -0.39 is 4.92 Å². The van der Waals surface area contributed by atoms with E-state index in [1.807, 2.05) is 49.4 Å². The van der Waals surface area contributed by atoms with E-state index in [-0.39, 0.29) is 5.69 Å². The minimum Gasteiger partial charge on any atom is -0.490 e. The Morgan fingerprint density at radius 1 is 1.10 bits per heavy atom. The molecule has 3 rings (SSSR count). The lowest BCUT2D eigenvalue weighted by Gasteiger charge is -2.14. The molecule has 1 N–H and O–H groups in total. The average molecular weight is 517 g/mol. The molecular weight excluding hydrogens is 497 g/mol. The summed E-state index contributed by atoms with van der Waals surface area (Å²) in [5.74, 6) is 1.35. The lowest BCUT2D eigenvalue weighted by atomic mass is 10.2. The summed E-state index contributed by atoms with van der Waals surface area (Å²) in [6.07, 6.45) is 1.66. The van der Waals surface area contributed by atoms with Gasteiger partial charge in [-0.05, 0) is 64.9 Å². The lowest BCUT2D eigenvalue weighted by Crippen LogP contribution is -2.02. The van der Waals surface area contributed by atoms with Crippen LogP contribution < -0.4 is 14.9 Å². The van der Waals surface area contributed by atoms with Gasteiger partial charge >= 0.3 is 0 Å². The van der Waals surface area contributed by atoms with Crippen LogP contribution in [0.2, 0.25) is 0 Å².